The van der Waals surface area contributed by atoms with Crippen molar-refractivity contribution in [3.8, 4) is 0 Å². The number of rotatable bonds is 2. The predicted molar refractivity (Wildman–Crippen MR) is 80.5 cm³/mol. The molecule has 1 aromatic heterocycles. The van der Waals surface area contributed by atoms with Gasteiger partial charge in [0.15, 0.2) is 0 Å². The van der Waals surface area contributed by atoms with Gasteiger partial charge in [-0.05, 0) is 49.9 Å². The summed E-state index contributed by atoms with van der Waals surface area (Å²) in [7, 11) is 0. The molecule has 3 atom stereocenters. The average molecular weight is 286 g/mol. The van der Waals surface area contributed by atoms with Gasteiger partial charge in [0.25, 0.3) is 0 Å². The Morgan fingerprint density at radius 3 is 2.67 bits per heavy atom. The number of aromatic nitrogens is 1. The van der Waals surface area contributed by atoms with Crippen molar-refractivity contribution >= 4 is 22.9 Å². The molecule has 1 heterocycles. The van der Waals surface area contributed by atoms with E-state index < -0.39 is 0 Å². The molecular formula is C15H24ClNS. The molecular weight excluding hydrogens is 262 g/mol. The van der Waals surface area contributed by atoms with Gasteiger partial charge in [-0.25, -0.2) is 4.98 Å². The van der Waals surface area contributed by atoms with Crippen molar-refractivity contribution in [3.63, 3.8) is 0 Å². The van der Waals surface area contributed by atoms with Gasteiger partial charge in [-0.1, -0.05) is 20.8 Å². The SMILES string of the molecule is Cc1nc(CC2CC(C(C)(C)C)CCC2Cl)cs1. The van der Waals surface area contributed by atoms with Crippen molar-refractivity contribution in [2.75, 3.05) is 0 Å². The molecule has 1 aromatic rings. The van der Waals surface area contributed by atoms with Crippen LogP contribution in [0.4, 0.5) is 0 Å². The zero-order chi connectivity index (χ0) is 13.3. The zero-order valence-corrected chi connectivity index (χ0v) is 13.4. The van der Waals surface area contributed by atoms with Crippen LogP contribution in [0.2, 0.25) is 0 Å². The second kappa shape index (κ2) is 5.50. The van der Waals surface area contributed by atoms with E-state index in [4.69, 9.17) is 11.6 Å². The van der Waals surface area contributed by atoms with Gasteiger partial charge in [-0.2, -0.15) is 0 Å². The van der Waals surface area contributed by atoms with Crippen LogP contribution in [0.1, 0.15) is 50.7 Å². The largest absolute Gasteiger partial charge is 0.247 e. The average Bonchev–Trinajstić information content (AvgIpc) is 2.66. The lowest BCUT2D eigenvalue weighted by Crippen LogP contribution is -2.33. The Kier molecular flexibility index (Phi) is 4.38. The minimum atomic E-state index is 0.339. The third-order valence-corrected chi connectivity index (χ3v) is 5.65. The molecule has 1 aliphatic rings. The van der Waals surface area contributed by atoms with E-state index in [-0.39, 0.29) is 0 Å². The van der Waals surface area contributed by atoms with Crippen molar-refractivity contribution in [1.82, 2.24) is 4.98 Å². The maximum atomic E-state index is 6.53. The van der Waals surface area contributed by atoms with Gasteiger partial charge >= 0.3 is 0 Å². The summed E-state index contributed by atoms with van der Waals surface area (Å²) in [6.45, 7) is 9.15. The number of alkyl halides is 1. The fourth-order valence-electron chi connectivity index (χ4n) is 3.00. The van der Waals surface area contributed by atoms with E-state index in [9.17, 15) is 0 Å². The molecule has 0 spiro atoms. The summed E-state index contributed by atoms with van der Waals surface area (Å²) in [6, 6.07) is 0. The standard InChI is InChI=1S/C15H24ClNS/c1-10-17-13(9-18-10)8-11-7-12(15(2,3)4)5-6-14(11)16/h9,11-12,14H,5-8H2,1-4H3. The van der Waals surface area contributed by atoms with Gasteiger partial charge in [0, 0.05) is 10.8 Å². The molecule has 102 valence electrons. The molecule has 1 fully saturated rings. The Labute approximate surface area is 120 Å². The second-order valence-corrected chi connectivity index (χ2v) is 8.34. The third kappa shape index (κ3) is 3.48. The summed E-state index contributed by atoms with van der Waals surface area (Å²) in [5.41, 5.74) is 1.65. The van der Waals surface area contributed by atoms with E-state index >= 15 is 0 Å². The Balaban J connectivity index is 2.02. The molecule has 18 heavy (non-hydrogen) atoms. The van der Waals surface area contributed by atoms with Crippen LogP contribution >= 0.6 is 22.9 Å². The van der Waals surface area contributed by atoms with Crippen molar-refractivity contribution in [3.05, 3.63) is 16.1 Å². The highest BCUT2D eigenvalue weighted by Gasteiger charge is 2.35. The van der Waals surface area contributed by atoms with Crippen molar-refractivity contribution in [1.29, 1.82) is 0 Å². The quantitative estimate of drug-likeness (QED) is 0.692. The van der Waals surface area contributed by atoms with E-state index in [2.05, 4.69) is 38.1 Å². The molecule has 2 rings (SSSR count). The molecule has 0 radical (unpaired) electrons. The third-order valence-electron chi connectivity index (χ3n) is 4.25. The highest BCUT2D eigenvalue weighted by Crippen LogP contribution is 2.43. The first-order chi connectivity index (χ1) is 8.36. The van der Waals surface area contributed by atoms with Gasteiger partial charge in [-0.15, -0.1) is 22.9 Å². The zero-order valence-electron chi connectivity index (χ0n) is 11.9. The summed E-state index contributed by atoms with van der Waals surface area (Å²) in [4.78, 5) is 4.59. The number of hydrogen-bond donors (Lipinski definition) is 0. The normalized spacial score (nSPS) is 29.5. The molecule has 0 aliphatic heterocycles. The minimum absolute atomic E-state index is 0.339. The fourth-order valence-corrected chi connectivity index (χ4v) is 3.94. The van der Waals surface area contributed by atoms with Crippen molar-refractivity contribution < 1.29 is 0 Å². The van der Waals surface area contributed by atoms with Crippen molar-refractivity contribution in [2.45, 2.75) is 58.8 Å². The van der Waals surface area contributed by atoms with E-state index in [1.54, 1.807) is 11.3 Å². The molecule has 0 bridgehead atoms. The summed E-state index contributed by atoms with van der Waals surface area (Å²) in [5.74, 6) is 1.41. The molecule has 0 N–H and O–H groups in total. The van der Waals surface area contributed by atoms with Crippen LogP contribution in [0.15, 0.2) is 5.38 Å². The first-order valence-electron chi connectivity index (χ1n) is 6.91. The maximum Gasteiger partial charge on any atom is 0.0897 e. The lowest BCUT2D eigenvalue weighted by molar-refractivity contribution is 0.143. The lowest BCUT2D eigenvalue weighted by atomic mass is 9.68. The van der Waals surface area contributed by atoms with Gasteiger partial charge in [0.1, 0.15) is 0 Å². The molecule has 1 nitrogen and oxygen atoms in total. The monoisotopic (exact) mass is 285 g/mol. The highest BCUT2D eigenvalue weighted by molar-refractivity contribution is 7.09. The second-order valence-electron chi connectivity index (χ2n) is 6.71. The molecule has 0 amide bonds. The molecule has 0 aromatic carbocycles. The van der Waals surface area contributed by atoms with Crippen LogP contribution < -0.4 is 0 Å². The fraction of sp³-hybridized carbons (Fsp3) is 0.800. The van der Waals surface area contributed by atoms with Gasteiger partial charge in [-0.3, -0.25) is 0 Å². The maximum absolute atomic E-state index is 6.53. The summed E-state index contributed by atoms with van der Waals surface area (Å²) < 4.78 is 0. The molecule has 0 saturated heterocycles. The van der Waals surface area contributed by atoms with Gasteiger partial charge < -0.3 is 0 Å². The van der Waals surface area contributed by atoms with E-state index in [1.165, 1.54) is 23.5 Å². The smallest absolute Gasteiger partial charge is 0.0897 e. The first-order valence-corrected chi connectivity index (χ1v) is 8.23. The van der Waals surface area contributed by atoms with E-state index in [0.29, 0.717) is 16.7 Å². The summed E-state index contributed by atoms with van der Waals surface area (Å²) in [5, 5.41) is 3.70. The van der Waals surface area contributed by atoms with Crippen LogP contribution in [-0.4, -0.2) is 10.4 Å². The van der Waals surface area contributed by atoms with Crippen LogP contribution in [0.25, 0.3) is 0 Å². The first kappa shape index (κ1) is 14.3. The van der Waals surface area contributed by atoms with Crippen LogP contribution in [0, 0.1) is 24.2 Å². The van der Waals surface area contributed by atoms with Crippen molar-refractivity contribution in [2.24, 2.45) is 17.3 Å². The summed E-state index contributed by atoms with van der Waals surface area (Å²) >= 11 is 8.28. The Morgan fingerprint density at radius 2 is 2.11 bits per heavy atom. The number of hydrogen-bond acceptors (Lipinski definition) is 2. The minimum Gasteiger partial charge on any atom is -0.247 e. The van der Waals surface area contributed by atoms with E-state index in [1.807, 2.05) is 0 Å². The lowest BCUT2D eigenvalue weighted by Gasteiger charge is -2.39. The Morgan fingerprint density at radius 1 is 1.39 bits per heavy atom. The summed E-state index contributed by atoms with van der Waals surface area (Å²) in [6.07, 6.45) is 4.76. The van der Waals surface area contributed by atoms with Gasteiger partial charge in [0.05, 0.1) is 10.7 Å². The van der Waals surface area contributed by atoms with Crippen LogP contribution in [0.3, 0.4) is 0 Å². The predicted octanol–water partition coefficient (Wildman–Crippen LogP) is 5.06. The number of nitrogens with zero attached hydrogens (tertiary/aromatic N) is 1. The number of aryl methyl sites for hydroxylation is 1. The topological polar surface area (TPSA) is 12.9 Å². The Bertz CT molecular complexity index is 393. The molecule has 3 unspecified atom stereocenters. The molecule has 3 heteroatoms. The van der Waals surface area contributed by atoms with Gasteiger partial charge in [0.2, 0.25) is 0 Å². The van der Waals surface area contributed by atoms with E-state index in [0.717, 1.165) is 18.8 Å². The Hall–Kier alpha value is -0.0800. The molecule has 1 aliphatic carbocycles. The van der Waals surface area contributed by atoms with Crippen LogP contribution in [-0.2, 0) is 6.42 Å². The molecule has 1 saturated carbocycles. The van der Waals surface area contributed by atoms with Crippen LogP contribution in [0.5, 0.6) is 0 Å². The number of thiazole rings is 1. The highest BCUT2D eigenvalue weighted by atomic mass is 35.5. The number of halogens is 1.